The summed E-state index contributed by atoms with van der Waals surface area (Å²) in [7, 11) is 0. The molecule has 2 heterocycles. The van der Waals surface area contributed by atoms with Crippen LogP contribution in [0.5, 0.6) is 0 Å². The molecule has 2 aliphatic rings. The molecular formula is C19H20ClN3S. The van der Waals surface area contributed by atoms with Gasteiger partial charge >= 0.3 is 0 Å². The number of fused-ring (bicyclic) bond motifs is 2. The minimum atomic E-state index is -0.201. The predicted octanol–water partition coefficient (Wildman–Crippen LogP) is 4.63. The molecule has 1 atom stereocenters. The number of aliphatic imine (C=N–C) groups is 1. The lowest BCUT2D eigenvalue weighted by molar-refractivity contribution is 0.229. The summed E-state index contributed by atoms with van der Waals surface area (Å²) in [5, 5.41) is 1.35. The highest BCUT2D eigenvalue weighted by molar-refractivity contribution is 8.14. The number of thioether (sulfide) groups is 1. The first-order valence-electron chi connectivity index (χ1n) is 8.09. The van der Waals surface area contributed by atoms with E-state index >= 15 is 0 Å². The Bertz CT molecular complexity index is 846. The maximum Gasteiger partial charge on any atom is 0.154 e. The zero-order valence-corrected chi connectivity index (χ0v) is 15.4. The predicted molar refractivity (Wildman–Crippen MR) is 103 cm³/mol. The van der Waals surface area contributed by atoms with Gasteiger partial charge in [0, 0.05) is 23.7 Å². The van der Waals surface area contributed by atoms with Gasteiger partial charge in [-0.1, -0.05) is 49.3 Å². The topological polar surface area (TPSA) is 51.3 Å². The highest BCUT2D eigenvalue weighted by Gasteiger charge is 2.46. The van der Waals surface area contributed by atoms with E-state index in [2.05, 4.69) is 37.0 Å². The van der Waals surface area contributed by atoms with E-state index in [4.69, 9.17) is 22.3 Å². The van der Waals surface area contributed by atoms with Crippen LogP contribution in [0.15, 0.2) is 41.7 Å². The number of hydrogen-bond donors (Lipinski definition) is 1. The molecular weight excluding hydrogens is 338 g/mol. The van der Waals surface area contributed by atoms with Gasteiger partial charge in [-0.05, 0) is 47.1 Å². The summed E-state index contributed by atoms with van der Waals surface area (Å²) in [5.41, 5.74) is 10.9. The van der Waals surface area contributed by atoms with Crippen LogP contribution >= 0.6 is 23.4 Å². The molecule has 2 N–H and O–H groups in total. The summed E-state index contributed by atoms with van der Waals surface area (Å²) < 4.78 is 0. The van der Waals surface area contributed by atoms with Crippen LogP contribution in [0.1, 0.15) is 31.4 Å². The largest absolute Gasteiger partial charge is 0.379 e. The van der Waals surface area contributed by atoms with Crippen molar-refractivity contribution >= 4 is 28.5 Å². The molecule has 1 aliphatic heterocycles. The Morgan fingerprint density at radius 3 is 2.71 bits per heavy atom. The second-order valence-electron chi connectivity index (χ2n) is 7.55. The van der Waals surface area contributed by atoms with Crippen LogP contribution in [0.4, 0.5) is 0 Å². The van der Waals surface area contributed by atoms with E-state index in [1.807, 2.05) is 12.3 Å². The van der Waals surface area contributed by atoms with E-state index in [9.17, 15) is 0 Å². The highest BCUT2D eigenvalue weighted by Crippen LogP contribution is 2.51. The molecule has 5 heteroatoms. The van der Waals surface area contributed by atoms with Crippen LogP contribution in [-0.4, -0.2) is 15.9 Å². The molecule has 0 saturated heterocycles. The first-order chi connectivity index (χ1) is 11.4. The van der Waals surface area contributed by atoms with Crippen LogP contribution in [0.25, 0.3) is 11.1 Å². The van der Waals surface area contributed by atoms with Crippen molar-refractivity contribution in [2.75, 3.05) is 5.75 Å². The lowest BCUT2D eigenvalue weighted by Gasteiger charge is -2.42. The van der Waals surface area contributed by atoms with Crippen LogP contribution in [-0.2, 0) is 12.0 Å². The van der Waals surface area contributed by atoms with E-state index in [0.29, 0.717) is 10.2 Å². The number of rotatable bonds is 1. The number of pyridine rings is 1. The minimum Gasteiger partial charge on any atom is -0.379 e. The minimum absolute atomic E-state index is 0.201. The SMILES string of the molecule is CC1(C)Cc2ccc(-c3cncc(Cl)c3)cc2C2(CSC(N)=N2)C1. The molecule has 1 aliphatic carbocycles. The van der Waals surface area contributed by atoms with E-state index in [1.165, 1.54) is 11.1 Å². The standard InChI is InChI=1S/C19H20ClN3S/c1-18(2)7-13-4-3-12(14-5-15(20)9-22-8-14)6-16(13)19(10-18)11-24-17(21)23-19/h3-6,8-9H,7,10-11H2,1-2H3,(H2,21,23). The Morgan fingerprint density at radius 1 is 1.17 bits per heavy atom. The van der Waals surface area contributed by atoms with Gasteiger partial charge in [-0.15, -0.1) is 0 Å². The fraction of sp³-hybridized carbons (Fsp3) is 0.368. The van der Waals surface area contributed by atoms with Crippen molar-refractivity contribution in [3.05, 3.63) is 52.8 Å². The van der Waals surface area contributed by atoms with Gasteiger partial charge in [-0.25, -0.2) is 0 Å². The number of nitrogens with zero attached hydrogens (tertiary/aromatic N) is 2. The van der Waals surface area contributed by atoms with E-state index in [1.54, 1.807) is 18.0 Å². The maximum atomic E-state index is 6.11. The van der Waals surface area contributed by atoms with Gasteiger partial charge in [0.15, 0.2) is 5.17 Å². The van der Waals surface area contributed by atoms with Crippen LogP contribution in [0.2, 0.25) is 5.02 Å². The first kappa shape index (κ1) is 16.0. The average Bonchev–Trinajstić information content (AvgIpc) is 2.87. The Labute approximate surface area is 151 Å². The van der Waals surface area contributed by atoms with Crippen molar-refractivity contribution in [3.8, 4) is 11.1 Å². The summed E-state index contributed by atoms with van der Waals surface area (Å²) in [6.07, 6.45) is 5.61. The molecule has 1 aromatic heterocycles. The summed E-state index contributed by atoms with van der Waals surface area (Å²) in [6, 6.07) is 8.62. The van der Waals surface area contributed by atoms with Crippen LogP contribution < -0.4 is 5.73 Å². The van der Waals surface area contributed by atoms with Crippen molar-refractivity contribution in [2.24, 2.45) is 16.1 Å². The number of amidine groups is 1. The molecule has 2 aromatic rings. The Hall–Kier alpha value is -1.52. The van der Waals surface area contributed by atoms with Gasteiger partial charge in [0.05, 0.1) is 10.6 Å². The van der Waals surface area contributed by atoms with Crippen molar-refractivity contribution in [1.29, 1.82) is 0 Å². The highest BCUT2D eigenvalue weighted by atomic mass is 35.5. The zero-order chi connectivity index (χ0) is 16.9. The Balaban J connectivity index is 1.87. The molecule has 4 rings (SSSR count). The molecule has 0 radical (unpaired) electrons. The zero-order valence-electron chi connectivity index (χ0n) is 13.8. The molecule has 0 fully saturated rings. The third kappa shape index (κ3) is 2.72. The van der Waals surface area contributed by atoms with Gasteiger partial charge in [0.2, 0.25) is 0 Å². The molecule has 0 saturated carbocycles. The number of benzene rings is 1. The quantitative estimate of drug-likeness (QED) is 0.809. The molecule has 24 heavy (non-hydrogen) atoms. The van der Waals surface area contributed by atoms with Crippen molar-refractivity contribution in [3.63, 3.8) is 0 Å². The number of nitrogens with two attached hydrogens (primary N) is 1. The number of hydrogen-bond acceptors (Lipinski definition) is 4. The van der Waals surface area contributed by atoms with Crippen molar-refractivity contribution < 1.29 is 0 Å². The van der Waals surface area contributed by atoms with E-state index < -0.39 is 0 Å². The Kier molecular flexibility index (Phi) is 3.66. The van der Waals surface area contributed by atoms with Gasteiger partial charge in [0.1, 0.15) is 0 Å². The van der Waals surface area contributed by atoms with E-state index in [0.717, 1.165) is 29.7 Å². The smallest absolute Gasteiger partial charge is 0.154 e. The van der Waals surface area contributed by atoms with E-state index in [-0.39, 0.29) is 11.0 Å². The van der Waals surface area contributed by atoms with Gasteiger partial charge < -0.3 is 5.73 Å². The summed E-state index contributed by atoms with van der Waals surface area (Å²) in [4.78, 5) is 9.10. The number of halogens is 1. The van der Waals surface area contributed by atoms with Crippen LogP contribution in [0.3, 0.4) is 0 Å². The third-order valence-corrected chi connectivity index (χ3v) is 6.09. The summed E-state index contributed by atoms with van der Waals surface area (Å²) in [6.45, 7) is 4.64. The Morgan fingerprint density at radius 2 is 2.00 bits per heavy atom. The monoisotopic (exact) mass is 357 g/mol. The fourth-order valence-electron chi connectivity index (χ4n) is 4.08. The maximum absolute atomic E-state index is 6.11. The normalized spacial score (nSPS) is 24.7. The lowest BCUT2D eigenvalue weighted by Crippen LogP contribution is -2.38. The van der Waals surface area contributed by atoms with Crippen LogP contribution in [0, 0.1) is 5.41 Å². The van der Waals surface area contributed by atoms with Gasteiger partial charge in [0.25, 0.3) is 0 Å². The second-order valence-corrected chi connectivity index (χ2v) is 8.98. The average molecular weight is 358 g/mol. The summed E-state index contributed by atoms with van der Waals surface area (Å²) in [5.74, 6) is 0.923. The second kappa shape index (κ2) is 5.50. The van der Waals surface area contributed by atoms with Gasteiger partial charge in [-0.3, -0.25) is 9.98 Å². The molecule has 1 unspecified atom stereocenters. The molecule has 124 valence electrons. The third-order valence-electron chi connectivity index (χ3n) is 4.87. The molecule has 1 spiro atoms. The van der Waals surface area contributed by atoms with Crippen molar-refractivity contribution in [1.82, 2.24) is 4.98 Å². The molecule has 1 aromatic carbocycles. The number of aromatic nitrogens is 1. The molecule has 3 nitrogen and oxygen atoms in total. The van der Waals surface area contributed by atoms with Crippen molar-refractivity contribution in [2.45, 2.75) is 32.2 Å². The molecule has 0 bridgehead atoms. The lowest BCUT2D eigenvalue weighted by atomic mass is 9.65. The summed E-state index contributed by atoms with van der Waals surface area (Å²) >= 11 is 7.78. The first-order valence-corrected chi connectivity index (χ1v) is 9.46. The molecule has 0 amide bonds. The van der Waals surface area contributed by atoms with Gasteiger partial charge in [-0.2, -0.15) is 0 Å². The fourth-order valence-corrected chi connectivity index (χ4v) is 5.20.